The molecule has 0 aromatic heterocycles. The number of aliphatic imine (C=N–C) groups is 3. The molecule has 4 rings (SSSR count). The van der Waals surface area contributed by atoms with Gasteiger partial charge in [0.05, 0.1) is 5.92 Å². The summed E-state index contributed by atoms with van der Waals surface area (Å²) in [6.07, 6.45) is 1.81. The van der Waals surface area contributed by atoms with Crippen molar-refractivity contribution in [1.82, 2.24) is 0 Å². The van der Waals surface area contributed by atoms with Crippen LogP contribution in [0.3, 0.4) is 0 Å². The maximum atomic E-state index is 12.6. The van der Waals surface area contributed by atoms with E-state index >= 15 is 0 Å². The number of rotatable bonds is 1. The van der Waals surface area contributed by atoms with E-state index in [9.17, 15) is 9.59 Å². The first-order valence-corrected chi connectivity index (χ1v) is 8.05. The number of fused-ring (bicyclic) bond motifs is 2. The van der Waals surface area contributed by atoms with E-state index in [1.54, 1.807) is 44.3 Å². The molecule has 2 aliphatic heterocycles. The fourth-order valence-corrected chi connectivity index (χ4v) is 3.26. The SMILES string of the molecule is CC1(C)N=CC2=C3N=C(c4ccc(Cl)cc4)N=C3C(=O)CC2C1=O.Cl. The second-order valence-electron chi connectivity index (χ2n) is 6.57. The van der Waals surface area contributed by atoms with Gasteiger partial charge >= 0.3 is 0 Å². The number of nitrogens with zero attached hydrogens (tertiary/aromatic N) is 3. The lowest BCUT2D eigenvalue weighted by atomic mass is 9.74. The van der Waals surface area contributed by atoms with Gasteiger partial charge in [-0.25, -0.2) is 9.98 Å². The number of Topliss-reactive ketones (excluding diaryl/α,β-unsaturated/α-hetero) is 2. The molecule has 0 saturated heterocycles. The standard InChI is InChI=1S/C18H14ClN3O2.ClH/c1-18(2)16(24)11-7-13(23)15-14(12(11)8-20-18)21-17(22-15)9-3-5-10(19)6-4-9;/h3-6,8,11H,7H2,1-2H3;1H. The van der Waals surface area contributed by atoms with Crippen LogP contribution in [0.1, 0.15) is 25.8 Å². The smallest absolute Gasteiger partial charge is 0.184 e. The minimum atomic E-state index is -0.801. The zero-order chi connectivity index (χ0) is 17.1. The van der Waals surface area contributed by atoms with Gasteiger partial charge in [0.15, 0.2) is 17.4 Å². The van der Waals surface area contributed by atoms with Gasteiger partial charge in [-0.15, -0.1) is 12.4 Å². The van der Waals surface area contributed by atoms with Crippen molar-refractivity contribution >= 4 is 53.3 Å². The zero-order valence-corrected chi connectivity index (χ0v) is 15.2. The van der Waals surface area contributed by atoms with Crippen LogP contribution in [0.4, 0.5) is 0 Å². The lowest BCUT2D eigenvalue weighted by molar-refractivity contribution is -0.128. The van der Waals surface area contributed by atoms with E-state index in [0.717, 1.165) is 5.56 Å². The number of hydrogen-bond donors (Lipinski definition) is 0. The average molecular weight is 376 g/mol. The largest absolute Gasteiger partial charge is 0.296 e. The number of amidine groups is 1. The topological polar surface area (TPSA) is 71.2 Å². The van der Waals surface area contributed by atoms with Crippen molar-refractivity contribution in [3.8, 4) is 0 Å². The summed E-state index contributed by atoms with van der Waals surface area (Å²) >= 11 is 5.90. The highest BCUT2D eigenvalue weighted by Gasteiger charge is 2.45. The number of hydrogen-bond acceptors (Lipinski definition) is 5. The number of benzene rings is 1. The molecule has 25 heavy (non-hydrogen) atoms. The molecule has 0 fully saturated rings. The Morgan fingerprint density at radius 3 is 2.48 bits per heavy atom. The molecule has 1 aromatic rings. The van der Waals surface area contributed by atoms with Crippen molar-refractivity contribution in [2.24, 2.45) is 20.9 Å². The Kier molecular flexibility index (Phi) is 4.25. The number of carbonyl (C=O) groups excluding carboxylic acids is 2. The second kappa shape index (κ2) is 6.00. The van der Waals surface area contributed by atoms with Gasteiger partial charge in [0.25, 0.3) is 0 Å². The molecule has 0 N–H and O–H groups in total. The summed E-state index contributed by atoms with van der Waals surface area (Å²) in [5, 5.41) is 0.618. The van der Waals surface area contributed by atoms with Crippen molar-refractivity contribution in [3.05, 3.63) is 46.1 Å². The van der Waals surface area contributed by atoms with E-state index < -0.39 is 11.5 Å². The van der Waals surface area contributed by atoms with Crippen molar-refractivity contribution in [3.63, 3.8) is 0 Å². The van der Waals surface area contributed by atoms with E-state index in [0.29, 0.717) is 27.8 Å². The molecule has 0 bridgehead atoms. The van der Waals surface area contributed by atoms with Crippen LogP contribution in [0.25, 0.3) is 0 Å². The van der Waals surface area contributed by atoms with Gasteiger partial charge in [0.2, 0.25) is 0 Å². The summed E-state index contributed by atoms with van der Waals surface area (Å²) < 4.78 is 0. The van der Waals surface area contributed by atoms with E-state index in [1.807, 2.05) is 0 Å². The lowest BCUT2D eigenvalue weighted by Crippen LogP contribution is -2.44. The van der Waals surface area contributed by atoms with Crippen LogP contribution in [0.15, 0.2) is 50.5 Å². The van der Waals surface area contributed by atoms with Gasteiger partial charge in [0, 0.05) is 28.8 Å². The molecule has 2 heterocycles. The summed E-state index contributed by atoms with van der Waals surface area (Å²) in [7, 11) is 0. The molecule has 0 radical (unpaired) electrons. The van der Waals surface area contributed by atoms with Crippen LogP contribution >= 0.6 is 24.0 Å². The Morgan fingerprint density at radius 1 is 1.12 bits per heavy atom. The third-order valence-corrected chi connectivity index (χ3v) is 4.76. The molecule has 7 heteroatoms. The minimum absolute atomic E-state index is 0. The Hall–Kier alpha value is -2.11. The molecule has 5 nitrogen and oxygen atoms in total. The number of ketones is 2. The molecular weight excluding hydrogens is 361 g/mol. The summed E-state index contributed by atoms with van der Waals surface area (Å²) in [4.78, 5) is 38.3. The molecule has 3 aliphatic rings. The first kappa shape index (κ1) is 17.7. The highest BCUT2D eigenvalue weighted by molar-refractivity contribution is 6.51. The van der Waals surface area contributed by atoms with E-state index in [4.69, 9.17) is 11.6 Å². The molecule has 0 amide bonds. The molecule has 1 atom stereocenters. The first-order chi connectivity index (χ1) is 11.4. The molecule has 0 saturated carbocycles. The normalized spacial score (nSPS) is 23.6. The molecule has 0 spiro atoms. The van der Waals surface area contributed by atoms with Crippen molar-refractivity contribution in [2.75, 3.05) is 0 Å². The monoisotopic (exact) mass is 375 g/mol. The van der Waals surface area contributed by atoms with Crippen LogP contribution in [0.2, 0.25) is 5.02 Å². The van der Waals surface area contributed by atoms with Gasteiger partial charge in [-0.3, -0.25) is 14.6 Å². The van der Waals surface area contributed by atoms with Gasteiger partial charge in [-0.05, 0) is 38.1 Å². The van der Waals surface area contributed by atoms with Crippen LogP contribution in [-0.4, -0.2) is 34.9 Å². The van der Waals surface area contributed by atoms with E-state index in [2.05, 4.69) is 15.0 Å². The molecule has 128 valence electrons. The number of halogens is 2. The average Bonchev–Trinajstić information content (AvgIpc) is 2.98. The van der Waals surface area contributed by atoms with Crippen LogP contribution < -0.4 is 0 Å². The van der Waals surface area contributed by atoms with Crippen LogP contribution in [-0.2, 0) is 9.59 Å². The highest BCUT2D eigenvalue weighted by Crippen LogP contribution is 2.36. The fourth-order valence-electron chi connectivity index (χ4n) is 3.13. The van der Waals surface area contributed by atoms with Crippen molar-refractivity contribution in [2.45, 2.75) is 25.8 Å². The lowest BCUT2D eigenvalue weighted by Gasteiger charge is -2.32. The Balaban J connectivity index is 0.00000182. The van der Waals surface area contributed by atoms with Crippen LogP contribution in [0, 0.1) is 5.92 Å². The Bertz CT molecular complexity index is 909. The molecular formula is C18H15Cl2N3O2. The Labute approximate surface area is 156 Å². The fraction of sp³-hybridized carbons (Fsp3) is 0.278. The van der Waals surface area contributed by atoms with E-state index in [-0.39, 0.29) is 30.4 Å². The van der Waals surface area contributed by atoms with Gasteiger partial charge in [0.1, 0.15) is 16.9 Å². The maximum absolute atomic E-state index is 12.6. The minimum Gasteiger partial charge on any atom is -0.296 e. The first-order valence-electron chi connectivity index (χ1n) is 7.67. The molecule has 1 unspecified atom stereocenters. The third kappa shape index (κ3) is 2.77. The second-order valence-corrected chi connectivity index (χ2v) is 7.00. The number of allylic oxidation sites excluding steroid dienone is 2. The Morgan fingerprint density at radius 2 is 1.80 bits per heavy atom. The highest BCUT2D eigenvalue weighted by atomic mass is 35.5. The predicted molar refractivity (Wildman–Crippen MR) is 100 cm³/mol. The van der Waals surface area contributed by atoms with Gasteiger partial charge in [-0.2, -0.15) is 0 Å². The summed E-state index contributed by atoms with van der Waals surface area (Å²) in [6, 6.07) is 7.11. The maximum Gasteiger partial charge on any atom is 0.184 e. The third-order valence-electron chi connectivity index (χ3n) is 4.51. The summed E-state index contributed by atoms with van der Waals surface area (Å²) in [5.41, 5.74) is 1.48. The molecule has 1 aliphatic carbocycles. The van der Waals surface area contributed by atoms with Crippen molar-refractivity contribution in [1.29, 1.82) is 0 Å². The number of carbonyl (C=O) groups is 2. The quantitative estimate of drug-likeness (QED) is 0.755. The van der Waals surface area contributed by atoms with Crippen LogP contribution in [0.5, 0.6) is 0 Å². The molecule has 1 aromatic carbocycles. The predicted octanol–water partition coefficient (Wildman–Crippen LogP) is 3.24. The van der Waals surface area contributed by atoms with Crippen molar-refractivity contribution < 1.29 is 9.59 Å². The van der Waals surface area contributed by atoms with Gasteiger partial charge in [-0.1, -0.05) is 11.6 Å². The summed E-state index contributed by atoms with van der Waals surface area (Å²) in [5.74, 6) is -0.211. The zero-order valence-electron chi connectivity index (χ0n) is 13.6. The summed E-state index contributed by atoms with van der Waals surface area (Å²) in [6.45, 7) is 3.52. The van der Waals surface area contributed by atoms with E-state index in [1.165, 1.54) is 0 Å². The van der Waals surface area contributed by atoms with Gasteiger partial charge < -0.3 is 0 Å².